The van der Waals surface area contributed by atoms with Crippen molar-refractivity contribution in [3.05, 3.63) is 22.2 Å². The third-order valence-electron chi connectivity index (χ3n) is 2.46. The van der Waals surface area contributed by atoms with Crippen molar-refractivity contribution in [3.63, 3.8) is 0 Å². The summed E-state index contributed by atoms with van der Waals surface area (Å²) in [7, 11) is 1.30. The van der Waals surface area contributed by atoms with Crippen molar-refractivity contribution in [3.8, 4) is 0 Å². The molecule has 0 saturated carbocycles. The average Bonchev–Trinajstić information content (AvgIpc) is 2.78. The molecule has 0 aliphatic heterocycles. The van der Waals surface area contributed by atoms with Gasteiger partial charge >= 0.3 is 5.97 Å². The topological polar surface area (TPSA) is 68.3 Å². The molecule has 0 fully saturated rings. The first-order valence-electron chi connectivity index (χ1n) is 5.92. The number of ether oxygens (including phenoxy) is 1. The molecule has 1 N–H and O–H groups in total. The molecule has 5 nitrogen and oxygen atoms in total. The van der Waals surface area contributed by atoms with Crippen LogP contribution in [0.3, 0.4) is 0 Å². The van der Waals surface area contributed by atoms with Crippen LogP contribution in [-0.2, 0) is 14.3 Å². The molecule has 1 aromatic rings. The Hall–Kier alpha value is -1.69. The van der Waals surface area contributed by atoms with E-state index in [1.54, 1.807) is 6.08 Å². The number of carbonyl (C=O) groups is 2. The number of hydrogen-bond acceptors (Lipinski definition) is 5. The molecule has 0 aliphatic carbocycles. The summed E-state index contributed by atoms with van der Waals surface area (Å²) in [4.78, 5) is 27.4. The van der Waals surface area contributed by atoms with E-state index in [-0.39, 0.29) is 11.8 Å². The van der Waals surface area contributed by atoms with Crippen LogP contribution in [0.25, 0.3) is 6.08 Å². The molecule has 19 heavy (non-hydrogen) atoms. The Morgan fingerprint density at radius 3 is 2.63 bits per heavy atom. The van der Waals surface area contributed by atoms with Crippen molar-refractivity contribution in [2.75, 3.05) is 7.11 Å². The highest BCUT2D eigenvalue weighted by Crippen LogP contribution is 2.09. The summed E-state index contributed by atoms with van der Waals surface area (Å²) in [6.45, 7) is 5.58. The monoisotopic (exact) mass is 282 g/mol. The van der Waals surface area contributed by atoms with Crippen molar-refractivity contribution in [1.82, 2.24) is 10.3 Å². The Bertz CT molecular complexity index is 480. The van der Waals surface area contributed by atoms with Crippen LogP contribution in [0.4, 0.5) is 0 Å². The van der Waals surface area contributed by atoms with Crippen LogP contribution in [-0.4, -0.2) is 30.0 Å². The average molecular weight is 282 g/mol. The molecular weight excluding hydrogens is 264 g/mol. The standard InChI is InChI=1S/C13H18N2O3S/c1-8(2)12(13(17)18-4)15-11(16)6-5-10-7-19-9(3)14-10/h5-8,12H,1-4H3,(H,15,16). The number of hydrogen-bond donors (Lipinski definition) is 1. The minimum Gasteiger partial charge on any atom is -0.467 e. The van der Waals surface area contributed by atoms with Crippen LogP contribution in [0, 0.1) is 12.8 Å². The molecule has 104 valence electrons. The maximum Gasteiger partial charge on any atom is 0.328 e. The predicted molar refractivity (Wildman–Crippen MR) is 74.7 cm³/mol. The Morgan fingerprint density at radius 1 is 1.47 bits per heavy atom. The normalized spacial score (nSPS) is 12.7. The van der Waals surface area contributed by atoms with Crippen LogP contribution >= 0.6 is 11.3 Å². The van der Waals surface area contributed by atoms with Crippen LogP contribution in [0.5, 0.6) is 0 Å². The zero-order valence-corrected chi connectivity index (χ0v) is 12.3. The molecule has 6 heteroatoms. The molecule has 1 atom stereocenters. The Morgan fingerprint density at radius 2 is 2.16 bits per heavy atom. The number of esters is 1. The molecule has 0 spiro atoms. The van der Waals surface area contributed by atoms with Crippen molar-refractivity contribution < 1.29 is 14.3 Å². The first-order valence-corrected chi connectivity index (χ1v) is 6.80. The van der Waals surface area contributed by atoms with Crippen molar-refractivity contribution in [1.29, 1.82) is 0 Å². The molecular formula is C13H18N2O3S. The molecule has 1 amide bonds. The number of nitrogens with one attached hydrogen (secondary N) is 1. The fraction of sp³-hybridized carbons (Fsp3) is 0.462. The highest BCUT2D eigenvalue weighted by molar-refractivity contribution is 7.09. The van der Waals surface area contributed by atoms with E-state index in [1.807, 2.05) is 26.2 Å². The van der Waals surface area contributed by atoms with Crippen molar-refractivity contribution >= 4 is 29.3 Å². The second-order valence-electron chi connectivity index (χ2n) is 4.38. The lowest BCUT2D eigenvalue weighted by atomic mass is 10.0. The van der Waals surface area contributed by atoms with Gasteiger partial charge in [-0.2, -0.15) is 0 Å². The summed E-state index contributed by atoms with van der Waals surface area (Å²) in [5, 5.41) is 5.42. The molecule has 1 unspecified atom stereocenters. The Labute approximate surface area is 116 Å². The van der Waals surface area contributed by atoms with Gasteiger partial charge in [0.2, 0.25) is 5.91 Å². The number of aromatic nitrogens is 1. The maximum absolute atomic E-state index is 11.7. The van der Waals surface area contributed by atoms with Gasteiger partial charge in [-0.1, -0.05) is 13.8 Å². The number of aryl methyl sites for hydroxylation is 1. The van der Waals surface area contributed by atoms with Gasteiger partial charge in [-0.05, 0) is 18.9 Å². The number of nitrogens with zero attached hydrogens (tertiary/aromatic N) is 1. The molecule has 1 heterocycles. The minimum absolute atomic E-state index is 0.0358. The van der Waals surface area contributed by atoms with E-state index in [1.165, 1.54) is 24.5 Å². The fourth-order valence-corrected chi connectivity index (χ4v) is 2.02. The van der Waals surface area contributed by atoms with E-state index in [0.29, 0.717) is 0 Å². The van der Waals surface area contributed by atoms with Gasteiger partial charge in [0.15, 0.2) is 0 Å². The lowest BCUT2D eigenvalue weighted by Gasteiger charge is -2.18. The first-order chi connectivity index (χ1) is 8.93. The van der Waals surface area contributed by atoms with Gasteiger partial charge in [0, 0.05) is 11.5 Å². The Balaban J connectivity index is 2.62. The van der Waals surface area contributed by atoms with E-state index in [2.05, 4.69) is 15.0 Å². The number of rotatable bonds is 5. The maximum atomic E-state index is 11.7. The van der Waals surface area contributed by atoms with Gasteiger partial charge in [0.1, 0.15) is 6.04 Å². The molecule has 0 aromatic carbocycles. The van der Waals surface area contributed by atoms with Crippen molar-refractivity contribution in [2.45, 2.75) is 26.8 Å². The highest BCUT2D eigenvalue weighted by Gasteiger charge is 2.23. The summed E-state index contributed by atoms with van der Waals surface area (Å²) in [6.07, 6.45) is 2.99. The second-order valence-corrected chi connectivity index (χ2v) is 5.44. The third-order valence-corrected chi connectivity index (χ3v) is 3.25. The molecule has 0 bridgehead atoms. The molecule has 0 saturated heterocycles. The zero-order valence-electron chi connectivity index (χ0n) is 11.5. The van der Waals surface area contributed by atoms with Crippen LogP contribution in [0.2, 0.25) is 0 Å². The van der Waals surface area contributed by atoms with E-state index in [4.69, 9.17) is 0 Å². The number of thiazole rings is 1. The molecule has 1 aromatic heterocycles. The van der Waals surface area contributed by atoms with E-state index in [9.17, 15) is 9.59 Å². The quantitative estimate of drug-likeness (QED) is 0.660. The van der Waals surface area contributed by atoms with Gasteiger partial charge in [-0.3, -0.25) is 4.79 Å². The summed E-state index contributed by atoms with van der Waals surface area (Å²) >= 11 is 1.52. The second kappa shape index (κ2) is 7.04. The van der Waals surface area contributed by atoms with Gasteiger partial charge in [0.05, 0.1) is 17.8 Å². The lowest BCUT2D eigenvalue weighted by Crippen LogP contribution is -2.44. The first kappa shape index (κ1) is 15.4. The number of methoxy groups -OCH3 is 1. The SMILES string of the molecule is COC(=O)C(NC(=O)C=Cc1csc(C)n1)C(C)C. The zero-order chi connectivity index (χ0) is 14.4. The van der Waals surface area contributed by atoms with Crippen LogP contribution in [0.1, 0.15) is 24.5 Å². The minimum atomic E-state index is -0.640. The molecule has 0 radical (unpaired) electrons. The van der Waals surface area contributed by atoms with E-state index >= 15 is 0 Å². The van der Waals surface area contributed by atoms with Crippen LogP contribution in [0.15, 0.2) is 11.5 Å². The summed E-state index contributed by atoms with van der Waals surface area (Å²) < 4.78 is 4.65. The number of amides is 1. The molecule has 0 aliphatic rings. The summed E-state index contributed by atoms with van der Waals surface area (Å²) in [5.74, 6) is -0.817. The van der Waals surface area contributed by atoms with Crippen LogP contribution < -0.4 is 5.32 Å². The smallest absolute Gasteiger partial charge is 0.328 e. The highest BCUT2D eigenvalue weighted by atomic mass is 32.1. The fourth-order valence-electron chi connectivity index (χ4n) is 1.44. The van der Waals surface area contributed by atoms with Gasteiger partial charge in [-0.25, -0.2) is 9.78 Å². The van der Waals surface area contributed by atoms with Gasteiger partial charge in [0.25, 0.3) is 0 Å². The third kappa shape index (κ3) is 4.82. The lowest BCUT2D eigenvalue weighted by molar-refractivity contribution is -0.145. The predicted octanol–water partition coefficient (Wildman–Crippen LogP) is 1.78. The number of carbonyl (C=O) groups excluding carboxylic acids is 2. The summed E-state index contributed by atoms with van der Waals surface area (Å²) in [5.41, 5.74) is 0.733. The molecule has 1 rings (SSSR count). The largest absolute Gasteiger partial charge is 0.467 e. The van der Waals surface area contributed by atoms with Gasteiger partial charge < -0.3 is 10.1 Å². The van der Waals surface area contributed by atoms with Gasteiger partial charge in [-0.15, -0.1) is 11.3 Å². The Kier molecular flexibility index (Phi) is 5.69. The van der Waals surface area contributed by atoms with Crippen molar-refractivity contribution in [2.24, 2.45) is 5.92 Å². The van der Waals surface area contributed by atoms with E-state index < -0.39 is 12.0 Å². The summed E-state index contributed by atoms with van der Waals surface area (Å²) in [6, 6.07) is -0.640. The van der Waals surface area contributed by atoms with E-state index in [0.717, 1.165) is 10.7 Å².